The van der Waals surface area contributed by atoms with Gasteiger partial charge in [-0.3, -0.25) is 0 Å². The van der Waals surface area contributed by atoms with Crippen molar-refractivity contribution in [1.29, 1.82) is 0 Å². The van der Waals surface area contributed by atoms with E-state index in [2.05, 4.69) is 13.2 Å². The molecule has 0 aliphatic rings. The lowest BCUT2D eigenvalue weighted by Crippen LogP contribution is -2.68. The lowest BCUT2D eigenvalue weighted by Gasteiger charge is -2.43. The van der Waals surface area contributed by atoms with E-state index in [1.165, 1.54) is 18.2 Å². The van der Waals surface area contributed by atoms with Crippen molar-refractivity contribution >= 4 is 50.8 Å². The minimum Gasteiger partial charge on any atom is -0.207 e. The monoisotopic (exact) mass is 1220 g/mol. The summed E-state index contributed by atoms with van der Waals surface area (Å²) >= 11 is 0. The van der Waals surface area contributed by atoms with E-state index in [4.69, 9.17) is 0 Å². The molecule has 10 aromatic carbocycles. The van der Waals surface area contributed by atoms with Crippen molar-refractivity contribution in [2.75, 3.05) is 0 Å². The SMILES string of the molecule is C=Cc1ccc(-c2cc(-c3c(F)c(F)c(-c4c(F)c(F)c([B-](Cc5c(F)c(F)c(F)c(F)c5F)(Cc5c(F)c(F)c(F)c(F)c5F)c5c(F)c(F)c(F)c(F)c5F)c(F)c4F)c(F)c3F)cc(-c3ccc(C=C)c4ccccc34)c2)c2ccccc12. The second-order valence-electron chi connectivity index (χ2n) is 19.5. The fourth-order valence-corrected chi connectivity index (χ4v) is 11.1. The molecular weight excluding hydrogens is 1190 g/mol. The van der Waals surface area contributed by atoms with Gasteiger partial charge in [0.05, 0.1) is 22.8 Å². The molecule has 0 radical (unpaired) electrons. The predicted molar refractivity (Wildman–Crippen MR) is 274 cm³/mol. The number of hydrogen-bond donors (Lipinski definition) is 0. The first-order chi connectivity index (χ1) is 40.7. The van der Waals surface area contributed by atoms with Crippen LogP contribution in [-0.4, -0.2) is 6.15 Å². The van der Waals surface area contributed by atoms with E-state index in [-0.39, 0.29) is 11.1 Å². The summed E-state index contributed by atoms with van der Waals surface area (Å²) in [6, 6.07) is 23.0. The average molecular weight is 1220 g/mol. The molecule has 0 aliphatic heterocycles. The van der Waals surface area contributed by atoms with Crippen LogP contribution in [0.1, 0.15) is 22.3 Å². The third kappa shape index (κ3) is 8.96. The Labute approximate surface area is 467 Å². The molecule has 0 atom stereocenters. The van der Waals surface area contributed by atoms with E-state index in [1.807, 2.05) is 0 Å². The van der Waals surface area contributed by atoms with Crippen molar-refractivity contribution in [3.63, 3.8) is 0 Å². The fraction of sp³-hybridized carbons (Fsp3) is 0.0323. The molecule has 0 saturated heterocycles. The van der Waals surface area contributed by atoms with Crippen LogP contribution in [0.15, 0.2) is 104 Å². The highest BCUT2D eigenvalue weighted by atomic mass is 19.2. The van der Waals surface area contributed by atoms with Crippen molar-refractivity contribution in [3.05, 3.63) is 260 Å². The topological polar surface area (TPSA) is 0 Å². The summed E-state index contributed by atoms with van der Waals surface area (Å²) in [6.07, 6.45) is -9.65. The highest BCUT2D eigenvalue weighted by molar-refractivity contribution is 7.01. The molecule has 0 amide bonds. The lowest BCUT2D eigenvalue weighted by atomic mass is 9.14. The van der Waals surface area contributed by atoms with Gasteiger partial charge in [0.25, 0.3) is 0 Å². The second kappa shape index (κ2) is 21.9. The van der Waals surface area contributed by atoms with Crippen LogP contribution >= 0.6 is 0 Å². The smallest absolute Gasteiger partial charge is 0.200 e. The molecule has 10 aromatic rings. The zero-order valence-corrected chi connectivity index (χ0v) is 42.4. The highest BCUT2D eigenvalue weighted by Crippen LogP contribution is 2.45. The summed E-state index contributed by atoms with van der Waals surface area (Å²) in [6.45, 7) is 7.58. The van der Waals surface area contributed by atoms with Gasteiger partial charge in [-0.05, 0) is 89.8 Å². The number of benzene rings is 10. The molecule has 0 nitrogen and oxygen atoms in total. The summed E-state index contributed by atoms with van der Waals surface area (Å²) in [5.41, 5.74) is -18.2. The summed E-state index contributed by atoms with van der Waals surface area (Å²) in [4.78, 5) is 0. The van der Waals surface area contributed by atoms with Crippen LogP contribution < -0.4 is 10.9 Å². The third-order valence-corrected chi connectivity index (χ3v) is 15.1. The van der Waals surface area contributed by atoms with E-state index in [9.17, 15) is 30.7 Å². The van der Waals surface area contributed by atoms with Gasteiger partial charge in [0.2, 0.25) is 11.6 Å². The van der Waals surface area contributed by atoms with Gasteiger partial charge in [0.1, 0.15) is 23.3 Å². The quantitative estimate of drug-likeness (QED) is 0.0495. The minimum atomic E-state index is -6.41. The molecule has 0 saturated carbocycles. The Hall–Kier alpha value is -9.35. The van der Waals surface area contributed by atoms with Gasteiger partial charge in [-0.25, -0.2) is 101 Å². The standard InChI is InChI=1S/C62H25BF23/c1-3-22-13-15-29(31-11-7-5-9-27(22)31)24-17-25(30-16-14-23(4-2)28-10-6-8-12-32(28)30)19-26(18-24)35-44(68)46(70)36(47(71)45(35)69)37-48(72)50(74)38(51(75)49(37)73)63(39-52(76)58(82)62(86)59(83)53(39)77,20-33-40(64)54(78)60(84)55(79)41(33)65)21-34-42(66)56(80)61(85)57(81)43(34)67/h3-19H,1-2,20-21H2/q-1. The molecule has 0 spiro atoms. The molecule has 0 heterocycles. The van der Waals surface area contributed by atoms with Crippen molar-refractivity contribution in [1.82, 2.24) is 0 Å². The Kier molecular flexibility index (Phi) is 15.3. The van der Waals surface area contributed by atoms with Crippen LogP contribution in [0.3, 0.4) is 0 Å². The molecule has 86 heavy (non-hydrogen) atoms. The maximum Gasteiger partial charge on any atom is 0.200 e. The molecule has 10 rings (SSSR count). The molecule has 0 aliphatic carbocycles. The number of hydrogen-bond acceptors (Lipinski definition) is 0. The van der Waals surface area contributed by atoms with Gasteiger partial charge in [0.15, 0.2) is 98.9 Å². The van der Waals surface area contributed by atoms with Gasteiger partial charge < -0.3 is 0 Å². The molecule has 24 heteroatoms. The van der Waals surface area contributed by atoms with Crippen LogP contribution in [0, 0.1) is 134 Å². The second-order valence-corrected chi connectivity index (χ2v) is 19.5. The zero-order chi connectivity index (χ0) is 62.6. The minimum absolute atomic E-state index is 0.0672. The summed E-state index contributed by atoms with van der Waals surface area (Å²) < 4.78 is 366. The van der Waals surface area contributed by atoms with E-state index in [0.717, 1.165) is 12.1 Å². The largest absolute Gasteiger partial charge is 0.207 e. The maximum atomic E-state index is 17.4. The maximum absolute atomic E-state index is 17.4. The molecule has 0 bridgehead atoms. The van der Waals surface area contributed by atoms with Crippen LogP contribution in [0.4, 0.5) is 101 Å². The average Bonchev–Trinajstić information content (AvgIpc) is 0.735. The molecular formula is C62H25BF23-. The molecule has 0 unspecified atom stereocenters. The highest BCUT2D eigenvalue weighted by Gasteiger charge is 2.47. The van der Waals surface area contributed by atoms with Crippen LogP contribution in [-0.2, 0) is 12.6 Å². The van der Waals surface area contributed by atoms with Crippen molar-refractivity contribution in [3.8, 4) is 44.5 Å². The third-order valence-electron chi connectivity index (χ3n) is 15.1. The fourth-order valence-electron chi connectivity index (χ4n) is 11.1. The Morgan fingerprint density at radius 2 is 0.523 bits per heavy atom. The Morgan fingerprint density at radius 1 is 0.267 bits per heavy atom. The first kappa shape index (κ1) is 59.8. The van der Waals surface area contributed by atoms with E-state index >= 15 is 70.2 Å². The van der Waals surface area contributed by atoms with Crippen molar-refractivity contribution in [2.45, 2.75) is 12.6 Å². The Balaban J connectivity index is 1.29. The van der Waals surface area contributed by atoms with Crippen LogP contribution in [0.25, 0.3) is 78.2 Å². The van der Waals surface area contributed by atoms with E-state index in [1.54, 1.807) is 72.8 Å². The van der Waals surface area contributed by atoms with Gasteiger partial charge in [-0.1, -0.05) is 98.1 Å². The van der Waals surface area contributed by atoms with Gasteiger partial charge >= 0.3 is 0 Å². The van der Waals surface area contributed by atoms with Gasteiger partial charge in [0, 0.05) is 0 Å². The lowest BCUT2D eigenvalue weighted by molar-refractivity contribution is 0.370. The van der Waals surface area contributed by atoms with Crippen LogP contribution in [0.5, 0.6) is 0 Å². The molecule has 0 aromatic heterocycles. The molecule has 438 valence electrons. The van der Waals surface area contributed by atoms with Crippen molar-refractivity contribution in [2.24, 2.45) is 0 Å². The van der Waals surface area contributed by atoms with Gasteiger partial charge in [-0.2, -0.15) is 0 Å². The first-order valence-corrected chi connectivity index (χ1v) is 24.5. The molecule has 0 N–H and O–H groups in total. The number of fused-ring (bicyclic) bond motifs is 2. The molecule has 0 fully saturated rings. The van der Waals surface area contributed by atoms with Gasteiger partial charge in [-0.15, -0.1) is 23.6 Å². The van der Waals surface area contributed by atoms with E-state index in [0.29, 0.717) is 43.8 Å². The Morgan fingerprint density at radius 3 is 0.849 bits per heavy atom. The first-order valence-electron chi connectivity index (χ1n) is 24.5. The number of halogens is 23. The number of rotatable bonds is 12. The van der Waals surface area contributed by atoms with Crippen molar-refractivity contribution < 1.29 is 101 Å². The Bertz CT molecular complexity index is 4300. The van der Waals surface area contributed by atoms with Crippen LogP contribution in [0.2, 0.25) is 0 Å². The summed E-state index contributed by atoms with van der Waals surface area (Å²) in [5, 5.41) is 2.08. The zero-order valence-electron chi connectivity index (χ0n) is 42.4. The van der Waals surface area contributed by atoms with E-state index < -0.39 is 197 Å². The predicted octanol–water partition coefficient (Wildman–Crippen LogP) is 18.3. The summed E-state index contributed by atoms with van der Waals surface area (Å²) in [5.74, 6) is -74.6. The normalized spacial score (nSPS) is 11.8. The summed E-state index contributed by atoms with van der Waals surface area (Å²) in [7, 11) is 0.